The molecule has 0 fully saturated rings. The number of aliphatic hydroxyl groups excluding tert-OH is 1. The molecule has 0 spiro atoms. The number of pyridine rings is 1. The molecule has 0 aliphatic heterocycles. The maximum Gasteiger partial charge on any atom is 0.340 e. The molecule has 27 heavy (non-hydrogen) atoms. The number of carbonyl (C=O) groups excluding carboxylic acids is 1. The highest BCUT2D eigenvalue weighted by atomic mass is 16.5. The molecular weight excluding hydrogens is 344 g/mol. The Morgan fingerprint density at radius 3 is 2.74 bits per heavy atom. The Morgan fingerprint density at radius 1 is 1.44 bits per heavy atom. The lowest BCUT2D eigenvalue weighted by Crippen LogP contribution is -2.21. The lowest BCUT2D eigenvalue weighted by molar-refractivity contribution is 0.0460. The van der Waals surface area contributed by atoms with Crippen molar-refractivity contribution in [1.29, 1.82) is 0 Å². The average Bonchev–Trinajstić information content (AvgIpc) is 2.95. The van der Waals surface area contributed by atoms with E-state index in [4.69, 9.17) is 4.74 Å². The third-order valence-electron chi connectivity index (χ3n) is 3.96. The Kier molecular flexibility index (Phi) is 6.65. The molecule has 0 bridgehead atoms. The summed E-state index contributed by atoms with van der Waals surface area (Å²) in [6.07, 6.45) is 3.14. The minimum atomic E-state index is -0.829. The molecule has 0 aliphatic carbocycles. The first-order valence-corrected chi connectivity index (χ1v) is 8.99. The zero-order valence-electron chi connectivity index (χ0n) is 16.3. The van der Waals surface area contributed by atoms with E-state index in [1.54, 1.807) is 26.1 Å². The molecule has 0 saturated heterocycles. The van der Waals surface area contributed by atoms with Crippen molar-refractivity contribution in [3.05, 3.63) is 46.0 Å². The number of nitrogens with zero attached hydrogens (tertiary/aromatic N) is 1. The fourth-order valence-electron chi connectivity index (χ4n) is 2.72. The van der Waals surface area contributed by atoms with Crippen LogP contribution in [0.1, 0.15) is 48.8 Å². The van der Waals surface area contributed by atoms with E-state index in [-0.39, 0.29) is 18.1 Å². The number of aryl methyl sites for hydroxylation is 2. The number of aromatic nitrogens is 2. The Balaban J connectivity index is 2.71. The predicted molar refractivity (Wildman–Crippen MR) is 106 cm³/mol. The molecule has 6 heteroatoms. The lowest BCUT2D eigenvalue weighted by Gasteiger charge is -2.09. The molecule has 0 aliphatic rings. The fourth-order valence-corrected chi connectivity index (χ4v) is 2.72. The van der Waals surface area contributed by atoms with Crippen molar-refractivity contribution >= 4 is 16.9 Å². The Labute approximate surface area is 158 Å². The lowest BCUT2D eigenvalue weighted by atomic mass is 10.1. The van der Waals surface area contributed by atoms with Crippen molar-refractivity contribution in [1.82, 2.24) is 9.55 Å². The molecule has 2 rings (SSSR count). The number of esters is 1. The van der Waals surface area contributed by atoms with Crippen LogP contribution < -0.4 is 5.56 Å². The van der Waals surface area contributed by atoms with Crippen molar-refractivity contribution in [2.75, 3.05) is 6.61 Å². The van der Waals surface area contributed by atoms with E-state index in [0.717, 1.165) is 0 Å². The van der Waals surface area contributed by atoms with Gasteiger partial charge in [-0.3, -0.25) is 4.79 Å². The summed E-state index contributed by atoms with van der Waals surface area (Å²) in [6.45, 7) is 11.6. The first-order chi connectivity index (χ1) is 12.8. The second-order valence-corrected chi connectivity index (χ2v) is 6.93. The summed E-state index contributed by atoms with van der Waals surface area (Å²) in [5, 5.41) is 9.96. The van der Waals surface area contributed by atoms with E-state index in [2.05, 4.69) is 23.4 Å². The average molecular weight is 370 g/mol. The van der Waals surface area contributed by atoms with Crippen LogP contribution in [-0.2, 0) is 11.3 Å². The van der Waals surface area contributed by atoms with Crippen molar-refractivity contribution in [3.63, 3.8) is 0 Å². The van der Waals surface area contributed by atoms with E-state index in [0.29, 0.717) is 40.7 Å². The van der Waals surface area contributed by atoms with E-state index in [9.17, 15) is 14.7 Å². The van der Waals surface area contributed by atoms with Crippen LogP contribution in [0.4, 0.5) is 0 Å². The van der Waals surface area contributed by atoms with E-state index in [1.165, 1.54) is 4.57 Å². The highest BCUT2D eigenvalue weighted by Crippen LogP contribution is 2.24. The molecule has 2 aromatic rings. The first kappa shape index (κ1) is 20.5. The van der Waals surface area contributed by atoms with Crippen LogP contribution in [0.5, 0.6) is 0 Å². The van der Waals surface area contributed by atoms with Gasteiger partial charge in [0.1, 0.15) is 11.6 Å². The number of H-pyrrole nitrogens is 1. The number of hydrogen-bond acceptors (Lipinski definition) is 4. The monoisotopic (exact) mass is 370 g/mol. The topological polar surface area (TPSA) is 84.3 Å². The number of ether oxygens (including phenoxy) is 1. The second kappa shape index (κ2) is 8.74. The molecule has 0 amide bonds. The molecule has 0 aromatic carbocycles. The van der Waals surface area contributed by atoms with Crippen LogP contribution in [0.2, 0.25) is 0 Å². The molecule has 0 saturated carbocycles. The number of carbonyl (C=O) groups is 1. The quantitative estimate of drug-likeness (QED) is 0.465. The number of fused-ring (bicyclic) bond motifs is 1. The minimum Gasteiger partial charge on any atom is -0.462 e. The molecule has 0 radical (unpaired) electrons. The van der Waals surface area contributed by atoms with Gasteiger partial charge in [0, 0.05) is 23.8 Å². The standard InChI is InChI=1S/C21H26N2O4/c1-6-7-10-23-11-16(9-8-14(4)24)18-17(21(26)27-12-13(2)3)15(5)22-19(18)20(23)25/h6,11,13-14,22,24H,1,7,10,12H2,2-5H3/t14-/m1/s1. The van der Waals surface area contributed by atoms with Gasteiger partial charge in [-0.1, -0.05) is 31.8 Å². The van der Waals surface area contributed by atoms with Crippen molar-refractivity contribution in [2.24, 2.45) is 5.92 Å². The third-order valence-corrected chi connectivity index (χ3v) is 3.96. The molecule has 144 valence electrons. The normalized spacial score (nSPS) is 11.9. The summed E-state index contributed by atoms with van der Waals surface area (Å²) in [6, 6.07) is 0. The summed E-state index contributed by atoms with van der Waals surface area (Å²) in [4.78, 5) is 28.5. The van der Waals surface area contributed by atoms with Crippen LogP contribution in [0.3, 0.4) is 0 Å². The first-order valence-electron chi connectivity index (χ1n) is 8.99. The van der Waals surface area contributed by atoms with Gasteiger partial charge < -0.3 is 19.4 Å². The maximum absolute atomic E-state index is 12.8. The highest BCUT2D eigenvalue weighted by molar-refractivity contribution is 6.07. The zero-order chi connectivity index (χ0) is 20.1. The smallest absolute Gasteiger partial charge is 0.340 e. The number of aromatic amines is 1. The molecule has 2 N–H and O–H groups in total. The van der Waals surface area contributed by atoms with Crippen molar-refractivity contribution < 1.29 is 14.6 Å². The Bertz CT molecular complexity index is 968. The summed E-state index contributed by atoms with van der Waals surface area (Å²) in [7, 11) is 0. The van der Waals surface area contributed by atoms with Crippen molar-refractivity contribution in [3.8, 4) is 11.8 Å². The van der Waals surface area contributed by atoms with Gasteiger partial charge in [0.05, 0.1) is 17.7 Å². The summed E-state index contributed by atoms with van der Waals surface area (Å²) < 4.78 is 6.91. The maximum atomic E-state index is 12.8. The Morgan fingerprint density at radius 2 is 2.15 bits per heavy atom. The number of hydrogen-bond donors (Lipinski definition) is 2. The van der Waals surface area contributed by atoms with Crippen LogP contribution in [0.15, 0.2) is 23.6 Å². The van der Waals surface area contributed by atoms with Gasteiger partial charge in [-0.2, -0.15) is 0 Å². The van der Waals surface area contributed by atoms with Gasteiger partial charge in [0.15, 0.2) is 0 Å². The number of allylic oxidation sites excluding steroid dienone is 1. The Hall–Kier alpha value is -2.78. The van der Waals surface area contributed by atoms with Gasteiger partial charge in [-0.15, -0.1) is 6.58 Å². The molecule has 0 unspecified atom stereocenters. The summed E-state index contributed by atoms with van der Waals surface area (Å²) >= 11 is 0. The van der Waals surface area contributed by atoms with Gasteiger partial charge >= 0.3 is 5.97 Å². The van der Waals surface area contributed by atoms with E-state index < -0.39 is 12.1 Å². The van der Waals surface area contributed by atoms with Crippen LogP contribution in [-0.4, -0.2) is 33.3 Å². The fraction of sp³-hybridized carbons (Fsp3) is 0.429. The summed E-state index contributed by atoms with van der Waals surface area (Å²) in [5.41, 5.74) is 1.44. The molecule has 6 nitrogen and oxygen atoms in total. The van der Waals surface area contributed by atoms with Gasteiger partial charge in [0.2, 0.25) is 0 Å². The van der Waals surface area contributed by atoms with Gasteiger partial charge in [0.25, 0.3) is 5.56 Å². The number of rotatable bonds is 6. The minimum absolute atomic E-state index is 0.199. The van der Waals surface area contributed by atoms with Gasteiger partial charge in [-0.05, 0) is 26.2 Å². The van der Waals surface area contributed by atoms with E-state index in [1.807, 2.05) is 13.8 Å². The second-order valence-electron chi connectivity index (χ2n) is 6.93. The SMILES string of the molecule is C=CCCn1cc(C#C[C@@H](C)O)c2c(C(=O)OCC(C)C)c(C)[nH]c2c1=O. The van der Waals surface area contributed by atoms with Crippen LogP contribution >= 0.6 is 0 Å². The zero-order valence-corrected chi connectivity index (χ0v) is 16.3. The summed E-state index contributed by atoms with van der Waals surface area (Å²) in [5.74, 6) is 5.29. The molecular formula is C21H26N2O4. The van der Waals surface area contributed by atoms with Crippen LogP contribution in [0, 0.1) is 24.7 Å². The predicted octanol–water partition coefficient (Wildman–Crippen LogP) is 2.76. The number of aliphatic hydroxyl groups is 1. The molecule has 1 atom stereocenters. The highest BCUT2D eigenvalue weighted by Gasteiger charge is 2.23. The van der Waals surface area contributed by atoms with Gasteiger partial charge in [-0.25, -0.2) is 4.79 Å². The molecule has 2 heterocycles. The van der Waals surface area contributed by atoms with Crippen molar-refractivity contribution in [2.45, 2.75) is 46.8 Å². The largest absolute Gasteiger partial charge is 0.462 e. The van der Waals surface area contributed by atoms with Crippen LogP contribution in [0.25, 0.3) is 10.9 Å². The third kappa shape index (κ3) is 4.69. The van der Waals surface area contributed by atoms with E-state index >= 15 is 0 Å². The number of nitrogens with one attached hydrogen (secondary N) is 1. The molecule has 2 aromatic heterocycles.